The smallest absolute Gasteiger partial charge is 0.337 e. The molecular weight excluding hydrogens is 332 g/mol. The fourth-order valence-corrected chi connectivity index (χ4v) is 2.13. The highest BCUT2D eigenvalue weighted by Crippen LogP contribution is 2.18. The Morgan fingerprint density at radius 3 is 2.35 bits per heavy atom. The minimum absolute atomic E-state index is 0.311. The van der Waals surface area contributed by atoms with Crippen molar-refractivity contribution < 1.29 is 9.53 Å². The Labute approximate surface area is 149 Å². The number of ether oxygens (including phenoxy) is 1. The minimum Gasteiger partial charge on any atom is -0.465 e. The number of rotatable bonds is 5. The van der Waals surface area contributed by atoms with Gasteiger partial charge in [0.15, 0.2) is 5.82 Å². The lowest BCUT2D eigenvalue weighted by Crippen LogP contribution is -2.03. The summed E-state index contributed by atoms with van der Waals surface area (Å²) in [6.45, 7) is 0. The first-order valence-corrected chi connectivity index (χ1v) is 7.60. The molecule has 3 aromatic rings. The molecular formula is C18H14N6O2. The van der Waals surface area contributed by atoms with Crippen LogP contribution in [0.15, 0.2) is 54.7 Å². The van der Waals surface area contributed by atoms with Gasteiger partial charge < -0.3 is 15.4 Å². The van der Waals surface area contributed by atoms with Crippen LogP contribution in [0.25, 0.3) is 0 Å². The van der Waals surface area contributed by atoms with E-state index in [9.17, 15) is 4.79 Å². The summed E-state index contributed by atoms with van der Waals surface area (Å²) in [6, 6.07) is 15.7. The number of carbonyl (C=O) groups is 1. The minimum atomic E-state index is -0.394. The van der Waals surface area contributed by atoms with Gasteiger partial charge in [0.25, 0.3) is 0 Å². The molecule has 1 aromatic heterocycles. The molecule has 3 rings (SSSR count). The summed E-state index contributed by atoms with van der Waals surface area (Å²) < 4.78 is 4.67. The van der Waals surface area contributed by atoms with E-state index in [4.69, 9.17) is 5.26 Å². The molecule has 8 heteroatoms. The molecule has 0 unspecified atom stereocenters. The number of anilines is 4. The molecule has 0 aliphatic carbocycles. The molecule has 0 aliphatic heterocycles. The number of hydrogen-bond donors (Lipinski definition) is 2. The molecule has 0 saturated heterocycles. The molecule has 26 heavy (non-hydrogen) atoms. The Morgan fingerprint density at radius 2 is 1.69 bits per heavy atom. The fraction of sp³-hybridized carbons (Fsp3) is 0.0556. The number of nitrogens with zero attached hydrogens (tertiary/aromatic N) is 4. The number of carbonyl (C=O) groups excluding carboxylic acids is 1. The van der Waals surface area contributed by atoms with E-state index in [2.05, 4.69) is 36.6 Å². The van der Waals surface area contributed by atoms with Crippen LogP contribution in [0.4, 0.5) is 23.1 Å². The Balaban J connectivity index is 1.70. The maximum absolute atomic E-state index is 11.4. The van der Waals surface area contributed by atoms with Crippen LogP contribution in [0.1, 0.15) is 15.9 Å². The van der Waals surface area contributed by atoms with Crippen LogP contribution in [0.3, 0.4) is 0 Å². The van der Waals surface area contributed by atoms with Gasteiger partial charge >= 0.3 is 5.97 Å². The van der Waals surface area contributed by atoms with Crippen LogP contribution in [0, 0.1) is 11.3 Å². The van der Waals surface area contributed by atoms with Crippen LogP contribution < -0.4 is 10.6 Å². The Hall–Kier alpha value is -3.99. The summed E-state index contributed by atoms with van der Waals surface area (Å²) in [7, 11) is 1.34. The summed E-state index contributed by atoms with van der Waals surface area (Å²) in [5.74, 6) is 0.405. The van der Waals surface area contributed by atoms with Gasteiger partial charge in [0, 0.05) is 11.4 Å². The molecule has 0 bridgehead atoms. The van der Waals surface area contributed by atoms with Gasteiger partial charge in [0.2, 0.25) is 5.95 Å². The maximum atomic E-state index is 11.4. The summed E-state index contributed by atoms with van der Waals surface area (Å²) in [5, 5.41) is 22.8. The number of aromatic nitrogens is 3. The van der Waals surface area contributed by atoms with E-state index in [1.54, 1.807) is 48.5 Å². The van der Waals surface area contributed by atoms with Crippen molar-refractivity contribution in [2.24, 2.45) is 0 Å². The number of nitrogens with one attached hydrogen (secondary N) is 2. The third-order valence-electron chi connectivity index (χ3n) is 3.41. The van der Waals surface area contributed by atoms with E-state index in [1.165, 1.54) is 13.3 Å². The van der Waals surface area contributed by atoms with Crippen LogP contribution in [-0.2, 0) is 4.74 Å². The molecule has 0 spiro atoms. The molecule has 0 aliphatic rings. The first-order chi connectivity index (χ1) is 12.7. The number of esters is 1. The zero-order chi connectivity index (χ0) is 18.4. The highest BCUT2D eigenvalue weighted by Gasteiger charge is 2.06. The third-order valence-corrected chi connectivity index (χ3v) is 3.41. The van der Waals surface area contributed by atoms with E-state index in [-0.39, 0.29) is 0 Å². The molecule has 8 nitrogen and oxygen atoms in total. The summed E-state index contributed by atoms with van der Waals surface area (Å²) in [4.78, 5) is 15.8. The highest BCUT2D eigenvalue weighted by atomic mass is 16.5. The molecule has 0 fully saturated rings. The standard InChI is InChI=1S/C18H14N6O2/c1-26-17(25)13-4-8-14(9-5-13)21-16-11-20-24-18(23-16)22-15-6-2-12(10-19)3-7-15/h2-9,11H,1H3,(H2,21,22,23,24). The quantitative estimate of drug-likeness (QED) is 0.678. The Bertz CT molecular complexity index is 949. The number of methoxy groups -OCH3 is 1. The molecule has 0 saturated carbocycles. The zero-order valence-corrected chi connectivity index (χ0v) is 13.8. The van der Waals surface area contributed by atoms with Crippen molar-refractivity contribution in [1.82, 2.24) is 15.2 Å². The molecule has 2 aromatic carbocycles. The molecule has 0 radical (unpaired) electrons. The van der Waals surface area contributed by atoms with Crippen molar-refractivity contribution in [3.63, 3.8) is 0 Å². The zero-order valence-electron chi connectivity index (χ0n) is 13.8. The SMILES string of the molecule is COC(=O)c1ccc(Nc2cnnc(Nc3ccc(C#N)cc3)n2)cc1. The fourth-order valence-electron chi connectivity index (χ4n) is 2.13. The van der Waals surface area contributed by atoms with Gasteiger partial charge in [-0.1, -0.05) is 0 Å². The molecule has 0 amide bonds. The van der Waals surface area contributed by atoms with Gasteiger partial charge in [-0.15, -0.1) is 5.10 Å². The van der Waals surface area contributed by atoms with E-state index in [0.717, 1.165) is 11.4 Å². The van der Waals surface area contributed by atoms with Crippen LogP contribution in [-0.4, -0.2) is 28.3 Å². The van der Waals surface area contributed by atoms with Crippen molar-refractivity contribution in [3.05, 3.63) is 65.9 Å². The van der Waals surface area contributed by atoms with Crippen molar-refractivity contribution in [1.29, 1.82) is 5.26 Å². The summed E-state index contributed by atoms with van der Waals surface area (Å²) in [5.41, 5.74) is 2.51. The average molecular weight is 346 g/mol. The highest BCUT2D eigenvalue weighted by molar-refractivity contribution is 5.89. The summed E-state index contributed by atoms with van der Waals surface area (Å²) >= 11 is 0. The molecule has 2 N–H and O–H groups in total. The lowest BCUT2D eigenvalue weighted by molar-refractivity contribution is 0.0601. The van der Waals surface area contributed by atoms with Gasteiger partial charge in [0.1, 0.15) is 0 Å². The first kappa shape index (κ1) is 16.9. The van der Waals surface area contributed by atoms with E-state index < -0.39 is 5.97 Å². The Morgan fingerprint density at radius 1 is 1.04 bits per heavy atom. The van der Waals surface area contributed by atoms with E-state index in [1.807, 2.05) is 0 Å². The summed E-state index contributed by atoms with van der Waals surface area (Å²) in [6.07, 6.45) is 1.48. The molecule has 1 heterocycles. The van der Waals surface area contributed by atoms with Crippen molar-refractivity contribution in [3.8, 4) is 6.07 Å². The van der Waals surface area contributed by atoms with Crippen LogP contribution in [0.2, 0.25) is 0 Å². The lowest BCUT2D eigenvalue weighted by Gasteiger charge is -2.08. The normalized spacial score (nSPS) is 9.85. The topological polar surface area (TPSA) is 113 Å². The largest absolute Gasteiger partial charge is 0.465 e. The second kappa shape index (κ2) is 7.72. The van der Waals surface area contributed by atoms with E-state index >= 15 is 0 Å². The van der Waals surface area contributed by atoms with Crippen molar-refractivity contribution >= 4 is 29.1 Å². The average Bonchev–Trinajstić information content (AvgIpc) is 2.69. The van der Waals surface area contributed by atoms with Gasteiger partial charge in [-0.2, -0.15) is 15.3 Å². The third kappa shape index (κ3) is 4.10. The van der Waals surface area contributed by atoms with Crippen LogP contribution in [0.5, 0.6) is 0 Å². The predicted octanol–water partition coefficient (Wildman–Crippen LogP) is 3.02. The first-order valence-electron chi connectivity index (χ1n) is 7.60. The maximum Gasteiger partial charge on any atom is 0.337 e. The van der Waals surface area contributed by atoms with Gasteiger partial charge in [-0.3, -0.25) is 0 Å². The number of nitriles is 1. The van der Waals surface area contributed by atoms with Gasteiger partial charge in [0.05, 0.1) is 30.5 Å². The van der Waals surface area contributed by atoms with Gasteiger partial charge in [-0.05, 0) is 48.5 Å². The Kier molecular flexibility index (Phi) is 5.00. The lowest BCUT2D eigenvalue weighted by atomic mass is 10.2. The van der Waals surface area contributed by atoms with Gasteiger partial charge in [-0.25, -0.2) is 4.79 Å². The predicted molar refractivity (Wildman–Crippen MR) is 95.3 cm³/mol. The second-order valence-electron chi connectivity index (χ2n) is 5.17. The van der Waals surface area contributed by atoms with E-state index in [0.29, 0.717) is 22.9 Å². The van der Waals surface area contributed by atoms with Crippen molar-refractivity contribution in [2.75, 3.05) is 17.7 Å². The number of benzene rings is 2. The van der Waals surface area contributed by atoms with Crippen LogP contribution >= 0.6 is 0 Å². The number of hydrogen-bond acceptors (Lipinski definition) is 8. The monoisotopic (exact) mass is 346 g/mol. The second-order valence-corrected chi connectivity index (χ2v) is 5.17. The molecule has 128 valence electrons. The molecule has 0 atom stereocenters. The van der Waals surface area contributed by atoms with Crippen molar-refractivity contribution in [2.45, 2.75) is 0 Å².